The van der Waals surface area contributed by atoms with E-state index in [9.17, 15) is 4.79 Å². The summed E-state index contributed by atoms with van der Waals surface area (Å²) in [5.41, 5.74) is 0.752. The molecule has 0 saturated carbocycles. The molecule has 20 heavy (non-hydrogen) atoms. The van der Waals surface area contributed by atoms with Crippen molar-refractivity contribution in [2.24, 2.45) is 0 Å². The van der Waals surface area contributed by atoms with Gasteiger partial charge in [0.2, 0.25) is 11.8 Å². The minimum absolute atomic E-state index is 0.156. The highest BCUT2D eigenvalue weighted by Crippen LogP contribution is 2.28. The van der Waals surface area contributed by atoms with Crippen molar-refractivity contribution in [3.8, 4) is 11.5 Å². The van der Waals surface area contributed by atoms with E-state index >= 15 is 0 Å². The van der Waals surface area contributed by atoms with Crippen LogP contribution in [-0.4, -0.2) is 21.3 Å². The van der Waals surface area contributed by atoms with E-state index in [1.54, 1.807) is 6.07 Å². The number of carboxylic acids is 1. The fourth-order valence-corrected chi connectivity index (χ4v) is 2.08. The number of benzene rings is 1. The molecular weight excluding hydrogens is 348 g/mol. The molecule has 0 unspecified atom stereocenters. The predicted molar refractivity (Wildman–Crippen MR) is 77.6 cm³/mol. The van der Waals surface area contributed by atoms with Crippen molar-refractivity contribution in [2.45, 2.75) is 25.7 Å². The van der Waals surface area contributed by atoms with E-state index in [0.29, 0.717) is 36.1 Å². The van der Waals surface area contributed by atoms with Crippen LogP contribution in [0, 0.1) is 0 Å². The number of hydrogen-bond donors (Lipinski definition) is 1. The van der Waals surface area contributed by atoms with Gasteiger partial charge in [0.15, 0.2) is 0 Å². The minimum atomic E-state index is -0.791. The maximum Gasteiger partial charge on any atom is 0.303 e. The molecule has 0 spiro atoms. The van der Waals surface area contributed by atoms with Gasteiger partial charge in [0.05, 0.1) is 5.02 Å². The highest BCUT2D eigenvalue weighted by Gasteiger charge is 2.10. The summed E-state index contributed by atoms with van der Waals surface area (Å²) in [5, 5.41) is 17.0. The zero-order chi connectivity index (χ0) is 14.5. The van der Waals surface area contributed by atoms with Crippen LogP contribution in [0.3, 0.4) is 0 Å². The molecule has 0 atom stereocenters. The van der Waals surface area contributed by atoms with E-state index in [2.05, 4.69) is 26.1 Å². The molecule has 106 valence electrons. The first-order valence-electron chi connectivity index (χ1n) is 6.06. The Labute approximate surface area is 129 Å². The number of aryl methyl sites for hydroxylation is 1. The van der Waals surface area contributed by atoms with Crippen molar-refractivity contribution >= 4 is 33.5 Å². The number of carbonyl (C=O) groups is 1. The first kappa shape index (κ1) is 15.0. The molecule has 0 amide bonds. The lowest BCUT2D eigenvalue weighted by atomic mass is 10.2. The molecule has 0 bridgehead atoms. The number of rotatable bonds is 6. The Hall–Kier alpha value is -1.40. The van der Waals surface area contributed by atoms with E-state index in [4.69, 9.17) is 21.1 Å². The summed E-state index contributed by atoms with van der Waals surface area (Å²) in [6, 6.07) is 5.39. The second kappa shape index (κ2) is 6.85. The third-order valence-corrected chi connectivity index (χ3v) is 3.90. The van der Waals surface area contributed by atoms with Gasteiger partial charge in [-0.1, -0.05) is 11.6 Å². The third-order valence-electron chi connectivity index (χ3n) is 2.66. The van der Waals surface area contributed by atoms with Crippen molar-refractivity contribution < 1.29 is 14.3 Å². The average molecular weight is 360 g/mol. The Bertz CT molecular complexity index is 615. The second-order valence-corrected chi connectivity index (χ2v) is 5.49. The molecule has 0 aliphatic heterocycles. The summed E-state index contributed by atoms with van der Waals surface area (Å²) >= 11 is 9.32. The van der Waals surface area contributed by atoms with Crippen LogP contribution in [0.15, 0.2) is 27.1 Å². The molecule has 1 N–H and O–H groups in total. The minimum Gasteiger partial charge on any atom is -0.481 e. The molecule has 0 radical (unpaired) electrons. The fraction of sp³-hybridized carbons (Fsp3) is 0.308. The smallest absolute Gasteiger partial charge is 0.303 e. The highest BCUT2D eigenvalue weighted by molar-refractivity contribution is 9.10. The van der Waals surface area contributed by atoms with Crippen LogP contribution in [0.2, 0.25) is 5.02 Å². The molecule has 7 heteroatoms. The standard InChI is InChI=1S/C13H12BrClN2O3/c14-9-6-5-8(7-10(9)15)13-17-16-11(20-13)3-1-2-4-12(18)19/h5-7H,1-4H2,(H,18,19). The molecule has 1 aromatic carbocycles. The van der Waals surface area contributed by atoms with Crippen LogP contribution in [-0.2, 0) is 11.2 Å². The molecular formula is C13H12BrClN2O3. The number of aromatic nitrogens is 2. The molecule has 1 aromatic heterocycles. The maximum absolute atomic E-state index is 10.4. The van der Waals surface area contributed by atoms with E-state index in [0.717, 1.165) is 10.0 Å². The van der Waals surface area contributed by atoms with Gasteiger partial charge in [-0.2, -0.15) is 0 Å². The number of aliphatic carboxylic acids is 1. The Morgan fingerprint density at radius 3 is 2.85 bits per heavy atom. The van der Waals surface area contributed by atoms with Gasteiger partial charge >= 0.3 is 5.97 Å². The number of nitrogens with zero attached hydrogens (tertiary/aromatic N) is 2. The lowest BCUT2D eigenvalue weighted by Crippen LogP contribution is -1.95. The third kappa shape index (κ3) is 4.05. The molecule has 0 aliphatic rings. The van der Waals surface area contributed by atoms with Crippen LogP contribution in [0.25, 0.3) is 11.5 Å². The van der Waals surface area contributed by atoms with Crippen LogP contribution in [0.4, 0.5) is 0 Å². The highest BCUT2D eigenvalue weighted by atomic mass is 79.9. The Balaban J connectivity index is 1.97. The van der Waals surface area contributed by atoms with Gasteiger partial charge in [0, 0.05) is 22.9 Å². The summed E-state index contributed by atoms with van der Waals surface area (Å²) in [5.74, 6) is 0.123. The normalized spacial score (nSPS) is 10.7. The van der Waals surface area contributed by atoms with Gasteiger partial charge in [0.1, 0.15) is 0 Å². The van der Waals surface area contributed by atoms with E-state index < -0.39 is 5.97 Å². The van der Waals surface area contributed by atoms with Crippen LogP contribution in [0.5, 0.6) is 0 Å². The lowest BCUT2D eigenvalue weighted by Gasteiger charge is -1.98. The average Bonchev–Trinajstić information content (AvgIpc) is 2.86. The summed E-state index contributed by atoms with van der Waals surface area (Å²) in [6.07, 6.45) is 2.03. The van der Waals surface area contributed by atoms with Gasteiger partial charge in [0.25, 0.3) is 0 Å². The first-order valence-corrected chi connectivity index (χ1v) is 7.23. The quantitative estimate of drug-likeness (QED) is 0.790. The van der Waals surface area contributed by atoms with E-state index in [-0.39, 0.29) is 6.42 Å². The van der Waals surface area contributed by atoms with Crippen molar-refractivity contribution in [1.29, 1.82) is 0 Å². The molecule has 2 rings (SSSR count). The van der Waals surface area contributed by atoms with Crippen molar-refractivity contribution in [2.75, 3.05) is 0 Å². The number of unbranched alkanes of at least 4 members (excludes halogenated alkanes) is 1. The number of halogens is 2. The summed E-state index contributed by atoms with van der Waals surface area (Å²) in [7, 11) is 0. The lowest BCUT2D eigenvalue weighted by molar-refractivity contribution is -0.137. The monoisotopic (exact) mass is 358 g/mol. The van der Waals surface area contributed by atoms with Crippen molar-refractivity contribution in [3.63, 3.8) is 0 Å². The molecule has 2 aromatic rings. The van der Waals surface area contributed by atoms with Gasteiger partial charge in [-0.25, -0.2) is 0 Å². The van der Waals surface area contributed by atoms with Crippen LogP contribution < -0.4 is 0 Å². The number of hydrogen-bond acceptors (Lipinski definition) is 4. The first-order chi connectivity index (χ1) is 9.56. The van der Waals surface area contributed by atoms with Crippen LogP contribution >= 0.6 is 27.5 Å². The topological polar surface area (TPSA) is 76.2 Å². The molecule has 0 fully saturated rings. The van der Waals surface area contributed by atoms with E-state index in [1.807, 2.05) is 12.1 Å². The van der Waals surface area contributed by atoms with Gasteiger partial charge in [-0.3, -0.25) is 4.79 Å². The maximum atomic E-state index is 10.4. The van der Waals surface area contributed by atoms with E-state index in [1.165, 1.54) is 0 Å². The van der Waals surface area contributed by atoms with Crippen molar-refractivity contribution in [3.05, 3.63) is 33.6 Å². The fourth-order valence-electron chi connectivity index (χ4n) is 1.65. The second-order valence-electron chi connectivity index (χ2n) is 4.23. The Morgan fingerprint density at radius 2 is 2.15 bits per heavy atom. The molecule has 0 saturated heterocycles. The largest absolute Gasteiger partial charge is 0.481 e. The SMILES string of the molecule is O=C(O)CCCCc1nnc(-c2ccc(Br)c(Cl)c2)o1. The summed E-state index contributed by atoms with van der Waals surface area (Å²) in [4.78, 5) is 10.4. The molecule has 0 aliphatic carbocycles. The van der Waals surface area contributed by atoms with Gasteiger partial charge in [-0.15, -0.1) is 10.2 Å². The summed E-state index contributed by atoms with van der Waals surface area (Å²) in [6.45, 7) is 0. The van der Waals surface area contributed by atoms with Gasteiger partial charge in [-0.05, 0) is 47.0 Å². The Morgan fingerprint density at radius 1 is 1.35 bits per heavy atom. The van der Waals surface area contributed by atoms with Gasteiger partial charge < -0.3 is 9.52 Å². The number of carboxylic acid groups (broad SMARTS) is 1. The predicted octanol–water partition coefficient (Wildman–Crippen LogP) is 3.95. The zero-order valence-electron chi connectivity index (χ0n) is 10.5. The Kier molecular flexibility index (Phi) is 5.14. The molecule has 5 nitrogen and oxygen atoms in total. The summed E-state index contributed by atoms with van der Waals surface area (Å²) < 4.78 is 6.33. The zero-order valence-corrected chi connectivity index (χ0v) is 12.8. The van der Waals surface area contributed by atoms with Crippen molar-refractivity contribution in [1.82, 2.24) is 10.2 Å². The molecule has 1 heterocycles. The van der Waals surface area contributed by atoms with Crippen LogP contribution in [0.1, 0.15) is 25.2 Å².